The molecular weight excluding hydrogens is 373 g/mol. The standard InChI is InChI=1S/C20H15Cl2NO3/c21-15-6-7-17(22)16(12-15)14-8-9-23(19(24)11-14)18(20(25)26)10-13-4-2-1-3-5-13/h1-9,11-12,18H,10H2,(H,25,26)/t18-/m0/s1. The van der Waals surface area contributed by atoms with Crippen molar-refractivity contribution in [3.63, 3.8) is 0 Å². The minimum Gasteiger partial charge on any atom is -0.480 e. The molecule has 1 atom stereocenters. The molecule has 0 aliphatic heterocycles. The highest BCUT2D eigenvalue weighted by molar-refractivity contribution is 6.35. The number of halogens is 2. The molecule has 3 rings (SSSR count). The third kappa shape index (κ3) is 3.98. The van der Waals surface area contributed by atoms with Gasteiger partial charge in [-0.3, -0.25) is 4.79 Å². The summed E-state index contributed by atoms with van der Waals surface area (Å²) in [5.41, 5.74) is 1.64. The molecule has 1 aromatic heterocycles. The predicted octanol–water partition coefficient (Wildman–Crippen LogP) is 4.69. The zero-order valence-corrected chi connectivity index (χ0v) is 15.1. The van der Waals surface area contributed by atoms with E-state index in [0.29, 0.717) is 21.2 Å². The van der Waals surface area contributed by atoms with Crippen LogP contribution in [0, 0.1) is 0 Å². The summed E-state index contributed by atoms with van der Waals surface area (Å²) in [5.74, 6) is -1.07. The molecule has 0 unspecified atom stereocenters. The Bertz CT molecular complexity index is 999. The molecule has 0 radical (unpaired) electrons. The molecule has 0 aliphatic carbocycles. The monoisotopic (exact) mass is 387 g/mol. The average Bonchev–Trinajstić information content (AvgIpc) is 2.63. The van der Waals surface area contributed by atoms with Crippen molar-refractivity contribution >= 4 is 29.2 Å². The molecule has 0 saturated carbocycles. The van der Waals surface area contributed by atoms with E-state index < -0.39 is 17.6 Å². The van der Waals surface area contributed by atoms with E-state index in [-0.39, 0.29) is 6.42 Å². The van der Waals surface area contributed by atoms with Crippen LogP contribution in [0.25, 0.3) is 11.1 Å². The molecule has 1 N–H and O–H groups in total. The SMILES string of the molecule is O=C(O)[C@H](Cc1ccccc1)n1ccc(-c2cc(Cl)ccc2Cl)cc1=O. The number of rotatable bonds is 5. The molecule has 6 heteroatoms. The largest absolute Gasteiger partial charge is 0.480 e. The maximum absolute atomic E-state index is 12.6. The van der Waals surface area contributed by atoms with Crippen LogP contribution in [-0.2, 0) is 11.2 Å². The highest BCUT2D eigenvalue weighted by atomic mass is 35.5. The number of benzene rings is 2. The van der Waals surface area contributed by atoms with E-state index in [0.717, 1.165) is 5.56 Å². The number of carboxylic acids is 1. The zero-order chi connectivity index (χ0) is 18.7. The Hall–Kier alpha value is -2.56. The normalized spacial score (nSPS) is 11.9. The van der Waals surface area contributed by atoms with Crippen LogP contribution in [0.5, 0.6) is 0 Å². The van der Waals surface area contributed by atoms with Gasteiger partial charge < -0.3 is 9.67 Å². The summed E-state index contributed by atoms with van der Waals surface area (Å²) < 4.78 is 1.22. The van der Waals surface area contributed by atoms with Gasteiger partial charge in [0.05, 0.1) is 0 Å². The molecule has 0 spiro atoms. The predicted molar refractivity (Wildman–Crippen MR) is 103 cm³/mol. The van der Waals surface area contributed by atoms with Gasteiger partial charge in [-0.1, -0.05) is 53.5 Å². The second kappa shape index (κ2) is 7.77. The van der Waals surface area contributed by atoms with Crippen molar-refractivity contribution in [2.75, 3.05) is 0 Å². The van der Waals surface area contributed by atoms with Gasteiger partial charge in [-0.05, 0) is 35.4 Å². The van der Waals surface area contributed by atoms with E-state index in [1.54, 1.807) is 24.3 Å². The number of carboxylic acid groups (broad SMARTS) is 1. The molecule has 0 amide bonds. The van der Waals surface area contributed by atoms with Gasteiger partial charge in [0.15, 0.2) is 0 Å². The van der Waals surface area contributed by atoms with E-state index in [1.165, 1.54) is 16.8 Å². The van der Waals surface area contributed by atoms with Crippen LogP contribution in [-0.4, -0.2) is 15.6 Å². The van der Waals surface area contributed by atoms with Crippen LogP contribution in [0.3, 0.4) is 0 Å². The van der Waals surface area contributed by atoms with Gasteiger partial charge in [-0.15, -0.1) is 0 Å². The first-order valence-corrected chi connectivity index (χ1v) is 8.65. The maximum Gasteiger partial charge on any atom is 0.327 e. The van der Waals surface area contributed by atoms with Crippen LogP contribution in [0.15, 0.2) is 71.7 Å². The fourth-order valence-corrected chi connectivity index (χ4v) is 3.17. The smallest absolute Gasteiger partial charge is 0.327 e. The van der Waals surface area contributed by atoms with Crippen LogP contribution in [0.1, 0.15) is 11.6 Å². The maximum atomic E-state index is 12.6. The van der Waals surface area contributed by atoms with Gasteiger partial charge in [0, 0.05) is 34.3 Å². The lowest BCUT2D eigenvalue weighted by Gasteiger charge is -2.16. The van der Waals surface area contributed by atoms with Crippen LogP contribution in [0.4, 0.5) is 0 Å². The molecule has 0 fully saturated rings. The Morgan fingerprint density at radius 3 is 2.42 bits per heavy atom. The lowest BCUT2D eigenvalue weighted by atomic mass is 10.0. The summed E-state index contributed by atoms with van der Waals surface area (Å²) in [7, 11) is 0. The number of hydrogen-bond donors (Lipinski definition) is 1. The summed E-state index contributed by atoms with van der Waals surface area (Å²) in [6.45, 7) is 0. The van der Waals surface area contributed by atoms with Crippen LogP contribution >= 0.6 is 23.2 Å². The van der Waals surface area contributed by atoms with Crippen molar-refractivity contribution in [2.45, 2.75) is 12.5 Å². The lowest BCUT2D eigenvalue weighted by molar-refractivity contribution is -0.141. The van der Waals surface area contributed by atoms with Gasteiger partial charge in [0.1, 0.15) is 6.04 Å². The summed E-state index contributed by atoms with van der Waals surface area (Å²) in [4.78, 5) is 24.3. The summed E-state index contributed by atoms with van der Waals surface area (Å²) in [6, 6.07) is 16.2. The number of hydrogen-bond acceptors (Lipinski definition) is 2. The Balaban J connectivity index is 1.98. The first kappa shape index (κ1) is 18.2. The van der Waals surface area contributed by atoms with E-state index in [1.807, 2.05) is 30.3 Å². The van der Waals surface area contributed by atoms with Gasteiger partial charge in [0.2, 0.25) is 0 Å². The summed E-state index contributed by atoms with van der Waals surface area (Å²) in [5, 5.41) is 10.5. The van der Waals surface area contributed by atoms with Gasteiger partial charge in [-0.2, -0.15) is 0 Å². The first-order valence-electron chi connectivity index (χ1n) is 7.90. The van der Waals surface area contributed by atoms with E-state index in [9.17, 15) is 14.7 Å². The Kier molecular flexibility index (Phi) is 5.45. The van der Waals surface area contributed by atoms with E-state index in [4.69, 9.17) is 23.2 Å². The minimum absolute atomic E-state index is 0.216. The van der Waals surface area contributed by atoms with Crippen molar-refractivity contribution in [3.05, 3.63) is 92.8 Å². The average molecular weight is 388 g/mol. The fraction of sp³-hybridized carbons (Fsp3) is 0.100. The van der Waals surface area contributed by atoms with Gasteiger partial charge in [-0.25, -0.2) is 4.79 Å². The van der Waals surface area contributed by atoms with Crippen molar-refractivity contribution in [1.82, 2.24) is 4.57 Å². The van der Waals surface area contributed by atoms with Crippen molar-refractivity contribution in [1.29, 1.82) is 0 Å². The molecule has 4 nitrogen and oxygen atoms in total. The van der Waals surface area contributed by atoms with Crippen molar-refractivity contribution in [3.8, 4) is 11.1 Å². The second-order valence-electron chi connectivity index (χ2n) is 5.83. The zero-order valence-electron chi connectivity index (χ0n) is 13.6. The Morgan fingerprint density at radius 2 is 1.77 bits per heavy atom. The molecule has 0 bridgehead atoms. The number of carbonyl (C=O) groups is 1. The van der Waals surface area contributed by atoms with Crippen LogP contribution in [0.2, 0.25) is 10.0 Å². The topological polar surface area (TPSA) is 59.3 Å². The number of pyridine rings is 1. The highest BCUT2D eigenvalue weighted by Crippen LogP contribution is 2.30. The van der Waals surface area contributed by atoms with Crippen molar-refractivity contribution < 1.29 is 9.90 Å². The summed E-state index contributed by atoms with van der Waals surface area (Å²) in [6.07, 6.45) is 1.70. The van der Waals surface area contributed by atoms with E-state index in [2.05, 4.69) is 0 Å². The minimum atomic E-state index is -1.07. The molecule has 2 aromatic carbocycles. The molecule has 132 valence electrons. The third-order valence-corrected chi connectivity index (χ3v) is 4.64. The Morgan fingerprint density at radius 1 is 1.04 bits per heavy atom. The van der Waals surface area contributed by atoms with Gasteiger partial charge in [0.25, 0.3) is 5.56 Å². The summed E-state index contributed by atoms with van der Waals surface area (Å²) >= 11 is 12.2. The molecular formula is C20H15Cl2NO3. The van der Waals surface area contributed by atoms with E-state index >= 15 is 0 Å². The van der Waals surface area contributed by atoms with Crippen LogP contribution < -0.4 is 5.56 Å². The molecule has 26 heavy (non-hydrogen) atoms. The number of nitrogens with zero attached hydrogens (tertiary/aromatic N) is 1. The molecule has 1 heterocycles. The third-order valence-electron chi connectivity index (χ3n) is 4.08. The quantitative estimate of drug-likeness (QED) is 0.690. The molecule has 0 aliphatic rings. The number of aromatic nitrogens is 1. The lowest BCUT2D eigenvalue weighted by Crippen LogP contribution is -2.30. The molecule has 0 saturated heterocycles. The van der Waals surface area contributed by atoms with Crippen molar-refractivity contribution in [2.24, 2.45) is 0 Å². The molecule has 3 aromatic rings. The Labute approximate surface area is 160 Å². The second-order valence-corrected chi connectivity index (χ2v) is 6.67. The highest BCUT2D eigenvalue weighted by Gasteiger charge is 2.21. The first-order chi connectivity index (χ1) is 12.5. The fourth-order valence-electron chi connectivity index (χ4n) is 2.78. The number of aliphatic carboxylic acids is 1. The van der Waals surface area contributed by atoms with Gasteiger partial charge >= 0.3 is 5.97 Å².